The molecule has 3 aromatic rings. The third-order valence-electron chi connectivity index (χ3n) is 5.25. The van der Waals surface area contributed by atoms with Gasteiger partial charge in [-0.2, -0.15) is 14.5 Å². The minimum absolute atomic E-state index is 0.0541. The van der Waals surface area contributed by atoms with Gasteiger partial charge in [0.2, 0.25) is 15.9 Å². The second kappa shape index (κ2) is 6.82. The summed E-state index contributed by atoms with van der Waals surface area (Å²) in [4.78, 5) is 3.61. The molecule has 4 heterocycles. The zero-order valence-electron chi connectivity index (χ0n) is 18.3. The van der Waals surface area contributed by atoms with Gasteiger partial charge in [0, 0.05) is 26.3 Å². The van der Waals surface area contributed by atoms with Crippen LogP contribution in [0.2, 0.25) is 0 Å². The lowest BCUT2D eigenvalue weighted by Gasteiger charge is -2.31. The molecule has 9 nitrogen and oxygen atoms in total. The van der Waals surface area contributed by atoms with Gasteiger partial charge in [-0.3, -0.25) is 0 Å². The molecule has 0 radical (unpaired) electrons. The Bertz CT molecular complexity index is 1230. The Balaban J connectivity index is 1.56. The summed E-state index contributed by atoms with van der Waals surface area (Å²) in [5.41, 5.74) is 1.39. The fourth-order valence-electron chi connectivity index (χ4n) is 3.68. The predicted molar refractivity (Wildman–Crippen MR) is 98.2 cm³/mol. The largest absolute Gasteiger partial charge is 0.480 e. The van der Waals surface area contributed by atoms with Crippen LogP contribution in [0.15, 0.2) is 23.6 Å². The Morgan fingerprint density at radius 1 is 1.32 bits per heavy atom. The van der Waals surface area contributed by atoms with Crippen molar-refractivity contribution in [3.8, 4) is 5.88 Å². The first-order chi connectivity index (χ1) is 14.5. The zero-order valence-corrected chi connectivity index (χ0v) is 16.1. The Labute approximate surface area is 166 Å². The van der Waals surface area contributed by atoms with Crippen LogP contribution in [0, 0.1) is 12.7 Å². The summed E-state index contributed by atoms with van der Waals surface area (Å²) in [5, 5.41) is 7.85. The third-order valence-corrected chi connectivity index (χ3v) is 7.13. The number of nitrogens with zero attached hydrogens (tertiary/aromatic N) is 6. The maximum Gasteiger partial charge on any atom is 0.250 e. The van der Waals surface area contributed by atoms with Gasteiger partial charge in [-0.05, 0) is 36.8 Å². The highest BCUT2D eigenvalue weighted by molar-refractivity contribution is 7.89. The Kier molecular flexibility index (Phi) is 3.75. The number of fused-ring (bicyclic) bond motifs is 1. The van der Waals surface area contributed by atoms with Gasteiger partial charge in [-0.1, -0.05) is 0 Å². The lowest BCUT2D eigenvalue weighted by Crippen LogP contribution is -2.38. The standard InChI is InChI=1S/C17H21FN6O3S/c1-11-13(9-24-16(15(11)18)19-10-21-24)12-4-6-23(7-5-12)28(25,26)14-8-20-22(2)17(14)27-3/h8-10,12H,4-7H2,1-3H3/i3D3. The maximum atomic E-state index is 14.6. The summed E-state index contributed by atoms with van der Waals surface area (Å²) >= 11 is 0. The number of sulfonamides is 1. The average molecular weight is 411 g/mol. The molecule has 1 aliphatic rings. The first-order valence-corrected chi connectivity index (χ1v) is 10.1. The smallest absolute Gasteiger partial charge is 0.250 e. The molecule has 150 valence electrons. The van der Waals surface area contributed by atoms with Crippen molar-refractivity contribution in [3.63, 3.8) is 0 Å². The normalized spacial score (nSPS) is 18.8. The quantitative estimate of drug-likeness (QED) is 0.646. The Hall–Kier alpha value is -2.53. The highest BCUT2D eigenvalue weighted by atomic mass is 32.2. The molecule has 11 heteroatoms. The molecular weight excluding hydrogens is 387 g/mol. The van der Waals surface area contributed by atoms with E-state index in [9.17, 15) is 12.8 Å². The topological polar surface area (TPSA) is 94.6 Å². The molecule has 0 spiro atoms. The van der Waals surface area contributed by atoms with E-state index in [4.69, 9.17) is 8.85 Å². The molecule has 0 atom stereocenters. The van der Waals surface area contributed by atoms with Crippen LogP contribution < -0.4 is 4.74 Å². The molecule has 0 bridgehead atoms. The lowest BCUT2D eigenvalue weighted by molar-refractivity contribution is 0.314. The third kappa shape index (κ3) is 2.85. The van der Waals surface area contributed by atoms with Crippen LogP contribution in [0.1, 0.15) is 34.0 Å². The fourth-order valence-corrected chi connectivity index (χ4v) is 5.23. The molecule has 0 amide bonds. The monoisotopic (exact) mass is 411 g/mol. The van der Waals surface area contributed by atoms with Gasteiger partial charge in [-0.15, -0.1) is 0 Å². The zero-order chi connectivity index (χ0) is 22.6. The van der Waals surface area contributed by atoms with E-state index in [-0.39, 0.29) is 35.4 Å². The van der Waals surface area contributed by atoms with Crippen molar-refractivity contribution in [3.05, 3.63) is 35.7 Å². The van der Waals surface area contributed by atoms with Crippen molar-refractivity contribution >= 4 is 15.7 Å². The van der Waals surface area contributed by atoms with Crippen LogP contribution in [-0.4, -0.2) is 57.2 Å². The number of hydrogen-bond donors (Lipinski definition) is 0. The molecule has 0 N–H and O–H groups in total. The summed E-state index contributed by atoms with van der Waals surface area (Å²) in [6.45, 7) is 2.05. The number of pyridine rings is 1. The molecule has 0 aliphatic carbocycles. The molecule has 0 saturated carbocycles. The molecule has 1 saturated heterocycles. The number of aryl methyl sites for hydroxylation is 1. The van der Waals surface area contributed by atoms with Gasteiger partial charge in [0.05, 0.1) is 17.3 Å². The summed E-state index contributed by atoms with van der Waals surface area (Å²) in [6, 6.07) is 0. The Morgan fingerprint density at radius 3 is 2.79 bits per heavy atom. The molecule has 1 aliphatic heterocycles. The number of methoxy groups -OCH3 is 1. The highest BCUT2D eigenvalue weighted by Crippen LogP contribution is 2.35. The van der Waals surface area contributed by atoms with Crippen LogP contribution in [0.4, 0.5) is 4.39 Å². The van der Waals surface area contributed by atoms with Crippen molar-refractivity contribution < 1.29 is 21.7 Å². The minimum atomic E-state index is -4.02. The van der Waals surface area contributed by atoms with Gasteiger partial charge in [0.25, 0.3) is 0 Å². The van der Waals surface area contributed by atoms with Crippen molar-refractivity contribution in [2.24, 2.45) is 7.05 Å². The molecular formula is C17H21FN6O3S. The van der Waals surface area contributed by atoms with Crippen molar-refractivity contribution in [1.29, 1.82) is 0 Å². The van der Waals surface area contributed by atoms with E-state index in [0.29, 0.717) is 18.4 Å². The van der Waals surface area contributed by atoms with Crippen LogP contribution in [-0.2, 0) is 17.1 Å². The molecule has 4 rings (SSSR count). The van der Waals surface area contributed by atoms with Gasteiger partial charge >= 0.3 is 0 Å². The lowest BCUT2D eigenvalue weighted by atomic mass is 9.88. The number of ether oxygens (including phenoxy) is 1. The summed E-state index contributed by atoms with van der Waals surface area (Å²) < 4.78 is 71.3. The van der Waals surface area contributed by atoms with Crippen molar-refractivity contribution in [1.82, 2.24) is 28.7 Å². The van der Waals surface area contributed by atoms with E-state index in [0.717, 1.165) is 16.4 Å². The maximum absolute atomic E-state index is 14.6. The summed E-state index contributed by atoms with van der Waals surface area (Å²) in [7, 11) is -5.43. The van der Waals surface area contributed by atoms with E-state index < -0.39 is 22.9 Å². The van der Waals surface area contributed by atoms with E-state index in [1.165, 1.54) is 22.2 Å². The minimum Gasteiger partial charge on any atom is -0.480 e. The molecule has 28 heavy (non-hydrogen) atoms. The van der Waals surface area contributed by atoms with E-state index >= 15 is 0 Å². The first kappa shape index (κ1) is 15.4. The van der Waals surface area contributed by atoms with E-state index in [1.54, 1.807) is 13.1 Å². The number of hydrogen-bond acceptors (Lipinski definition) is 6. The molecule has 0 aromatic carbocycles. The first-order valence-electron chi connectivity index (χ1n) is 10.2. The Morgan fingerprint density at radius 2 is 2.07 bits per heavy atom. The van der Waals surface area contributed by atoms with E-state index in [2.05, 4.69) is 15.2 Å². The predicted octanol–water partition coefficient (Wildman–Crippen LogP) is 1.49. The fraction of sp³-hybridized carbons (Fsp3) is 0.471. The van der Waals surface area contributed by atoms with E-state index in [1.807, 2.05) is 0 Å². The van der Waals surface area contributed by atoms with Gasteiger partial charge in [-0.25, -0.2) is 27.0 Å². The van der Waals surface area contributed by atoms with Crippen molar-refractivity contribution in [2.75, 3.05) is 20.1 Å². The number of aromatic nitrogens is 5. The van der Waals surface area contributed by atoms with Crippen LogP contribution >= 0.6 is 0 Å². The average Bonchev–Trinajstić information content (AvgIpc) is 3.31. The van der Waals surface area contributed by atoms with Crippen molar-refractivity contribution in [2.45, 2.75) is 30.6 Å². The van der Waals surface area contributed by atoms with Crippen LogP contribution in [0.5, 0.6) is 5.88 Å². The number of piperidine rings is 1. The summed E-state index contributed by atoms with van der Waals surface area (Å²) in [5.74, 6) is -0.829. The second-order valence-electron chi connectivity index (χ2n) is 6.77. The number of rotatable bonds is 4. The molecule has 0 unspecified atom stereocenters. The molecule has 3 aromatic heterocycles. The van der Waals surface area contributed by atoms with Gasteiger partial charge < -0.3 is 4.74 Å². The molecule has 1 fully saturated rings. The van der Waals surface area contributed by atoms with Gasteiger partial charge in [0.15, 0.2) is 16.4 Å². The van der Waals surface area contributed by atoms with Crippen LogP contribution in [0.25, 0.3) is 5.65 Å². The highest BCUT2D eigenvalue weighted by Gasteiger charge is 2.34. The van der Waals surface area contributed by atoms with Crippen LogP contribution in [0.3, 0.4) is 0 Å². The summed E-state index contributed by atoms with van der Waals surface area (Å²) in [6.07, 6.45) is 5.04. The SMILES string of the molecule is [2H]C([2H])([2H])Oc1c(S(=O)(=O)N2CCC(c3cn4ncnc4c(F)c3C)CC2)cnn1C. The number of halogens is 1. The second-order valence-corrected chi connectivity index (χ2v) is 8.68. The van der Waals surface area contributed by atoms with Gasteiger partial charge in [0.1, 0.15) is 6.33 Å².